The van der Waals surface area contributed by atoms with Gasteiger partial charge in [0.1, 0.15) is 6.04 Å². The second-order valence-electron chi connectivity index (χ2n) is 3.42. The summed E-state index contributed by atoms with van der Waals surface area (Å²) in [6, 6.07) is -1.65. The number of nitrogens with two attached hydrogens (primary N) is 1. The molecule has 16 heavy (non-hydrogen) atoms. The number of methoxy groups -OCH3 is 1. The topological polar surface area (TPSA) is 119 Å². The Morgan fingerprint density at radius 3 is 2.31 bits per heavy atom. The van der Waals surface area contributed by atoms with Crippen LogP contribution in [0.2, 0.25) is 0 Å². The van der Waals surface area contributed by atoms with Gasteiger partial charge in [-0.1, -0.05) is 0 Å². The highest BCUT2D eigenvalue weighted by atomic mass is 16.5. The molecule has 0 bridgehead atoms. The first-order chi connectivity index (χ1) is 7.36. The molecular formula is C9H16N2O5. The first-order valence-corrected chi connectivity index (χ1v) is 4.71. The van der Waals surface area contributed by atoms with Crippen molar-refractivity contribution in [2.24, 2.45) is 5.73 Å². The maximum absolute atomic E-state index is 11.2. The van der Waals surface area contributed by atoms with Gasteiger partial charge in [-0.05, 0) is 6.92 Å². The third-order valence-corrected chi connectivity index (χ3v) is 1.74. The molecule has 0 aliphatic rings. The van der Waals surface area contributed by atoms with Gasteiger partial charge in [0.15, 0.2) is 0 Å². The van der Waals surface area contributed by atoms with Crippen molar-refractivity contribution in [3.05, 3.63) is 0 Å². The molecule has 92 valence electrons. The van der Waals surface area contributed by atoms with Gasteiger partial charge in [-0.2, -0.15) is 0 Å². The van der Waals surface area contributed by atoms with Crippen molar-refractivity contribution in [2.75, 3.05) is 7.11 Å². The van der Waals surface area contributed by atoms with Crippen LogP contribution in [0.25, 0.3) is 0 Å². The van der Waals surface area contributed by atoms with E-state index in [4.69, 9.17) is 10.8 Å². The van der Waals surface area contributed by atoms with E-state index in [2.05, 4.69) is 10.1 Å². The second kappa shape index (κ2) is 6.78. The predicted octanol–water partition coefficient (Wildman–Crippen LogP) is -1.14. The molecule has 0 aromatic rings. The van der Waals surface area contributed by atoms with Crippen LogP contribution in [0.1, 0.15) is 19.8 Å². The van der Waals surface area contributed by atoms with Gasteiger partial charge in [-0.15, -0.1) is 0 Å². The Labute approximate surface area is 92.9 Å². The Morgan fingerprint density at radius 2 is 1.94 bits per heavy atom. The second-order valence-corrected chi connectivity index (χ2v) is 3.42. The number of rotatable bonds is 6. The predicted molar refractivity (Wildman–Crippen MR) is 54.5 cm³/mol. The number of hydrogen-bond acceptors (Lipinski definition) is 5. The quantitative estimate of drug-likeness (QED) is 0.498. The average molecular weight is 232 g/mol. The lowest BCUT2D eigenvalue weighted by Crippen LogP contribution is -2.43. The summed E-state index contributed by atoms with van der Waals surface area (Å²) in [5.41, 5.74) is 5.37. The molecule has 0 spiro atoms. The van der Waals surface area contributed by atoms with Gasteiger partial charge in [-0.25, -0.2) is 4.79 Å². The average Bonchev–Trinajstić information content (AvgIpc) is 2.14. The zero-order valence-electron chi connectivity index (χ0n) is 9.23. The molecule has 0 fully saturated rings. The first-order valence-electron chi connectivity index (χ1n) is 4.71. The minimum atomic E-state index is -1.29. The number of esters is 1. The van der Waals surface area contributed by atoms with E-state index in [0.717, 1.165) is 7.11 Å². The highest BCUT2D eigenvalue weighted by molar-refractivity contribution is 5.87. The van der Waals surface area contributed by atoms with Gasteiger partial charge < -0.3 is 20.9 Å². The van der Waals surface area contributed by atoms with E-state index in [0.29, 0.717) is 0 Å². The standard InChI is InChI=1S/C9H16N2O5/c1-5(10)3-7(12)11-6(9(14)15)4-8(13)16-2/h5-6H,3-4,10H2,1-2H3,(H,11,12)(H,14,15)/t5?,6-/m0/s1. The van der Waals surface area contributed by atoms with Crippen LogP contribution in [0.5, 0.6) is 0 Å². The van der Waals surface area contributed by atoms with Crippen LogP contribution in [0.4, 0.5) is 0 Å². The Morgan fingerprint density at radius 1 is 1.38 bits per heavy atom. The van der Waals surface area contributed by atoms with Crippen molar-refractivity contribution in [1.29, 1.82) is 0 Å². The number of carboxylic acids is 1. The van der Waals surface area contributed by atoms with Crippen LogP contribution < -0.4 is 11.1 Å². The number of ether oxygens (including phenoxy) is 1. The molecule has 1 unspecified atom stereocenters. The fourth-order valence-corrected chi connectivity index (χ4v) is 0.996. The van der Waals surface area contributed by atoms with Crippen LogP contribution in [0.3, 0.4) is 0 Å². The van der Waals surface area contributed by atoms with Crippen molar-refractivity contribution >= 4 is 17.8 Å². The molecule has 7 nitrogen and oxygen atoms in total. The van der Waals surface area contributed by atoms with Crippen molar-refractivity contribution in [1.82, 2.24) is 5.32 Å². The summed E-state index contributed by atoms with van der Waals surface area (Å²) >= 11 is 0. The highest BCUT2D eigenvalue weighted by Crippen LogP contribution is 1.97. The molecule has 0 saturated carbocycles. The van der Waals surface area contributed by atoms with Crippen LogP contribution in [-0.2, 0) is 19.1 Å². The summed E-state index contributed by atoms with van der Waals surface area (Å²) in [6.07, 6.45) is -0.401. The largest absolute Gasteiger partial charge is 0.480 e. The molecule has 0 radical (unpaired) electrons. The van der Waals surface area contributed by atoms with E-state index >= 15 is 0 Å². The molecule has 1 amide bonds. The molecule has 0 aromatic carbocycles. The van der Waals surface area contributed by atoms with E-state index in [1.807, 2.05) is 0 Å². The van der Waals surface area contributed by atoms with Gasteiger partial charge in [0, 0.05) is 12.5 Å². The molecule has 0 heterocycles. The molecule has 7 heteroatoms. The van der Waals surface area contributed by atoms with Crippen LogP contribution >= 0.6 is 0 Å². The van der Waals surface area contributed by atoms with E-state index in [1.165, 1.54) is 0 Å². The Hall–Kier alpha value is -1.63. The molecule has 4 N–H and O–H groups in total. The SMILES string of the molecule is COC(=O)C[C@H](NC(=O)CC(C)N)C(=O)O. The van der Waals surface area contributed by atoms with E-state index in [-0.39, 0.29) is 12.5 Å². The van der Waals surface area contributed by atoms with Crippen molar-refractivity contribution in [3.63, 3.8) is 0 Å². The normalized spacial score (nSPS) is 13.7. The summed E-state index contributed by atoms with van der Waals surface area (Å²) < 4.78 is 4.32. The fourth-order valence-electron chi connectivity index (χ4n) is 0.996. The maximum atomic E-state index is 11.2. The number of carbonyl (C=O) groups is 3. The lowest BCUT2D eigenvalue weighted by Gasteiger charge is -2.14. The zero-order chi connectivity index (χ0) is 12.7. The summed E-state index contributed by atoms with van der Waals surface area (Å²) in [5, 5.41) is 10.9. The minimum absolute atomic E-state index is 0.00491. The monoisotopic (exact) mass is 232 g/mol. The number of hydrogen-bond donors (Lipinski definition) is 3. The van der Waals surface area contributed by atoms with E-state index in [9.17, 15) is 14.4 Å². The van der Waals surface area contributed by atoms with E-state index < -0.39 is 30.3 Å². The third kappa shape index (κ3) is 5.97. The van der Waals surface area contributed by atoms with E-state index in [1.54, 1.807) is 6.92 Å². The summed E-state index contributed by atoms with van der Waals surface area (Å²) in [5.74, 6) is -2.50. The molecule has 0 aliphatic heterocycles. The molecule has 0 rings (SSSR count). The van der Waals surface area contributed by atoms with Crippen LogP contribution in [0, 0.1) is 0 Å². The van der Waals surface area contributed by atoms with Gasteiger partial charge in [0.25, 0.3) is 0 Å². The van der Waals surface area contributed by atoms with Crippen LogP contribution in [0.15, 0.2) is 0 Å². The fraction of sp³-hybridized carbons (Fsp3) is 0.667. The van der Waals surface area contributed by atoms with Crippen molar-refractivity contribution in [3.8, 4) is 0 Å². The minimum Gasteiger partial charge on any atom is -0.480 e. The van der Waals surface area contributed by atoms with Crippen molar-refractivity contribution in [2.45, 2.75) is 31.8 Å². The van der Waals surface area contributed by atoms with Crippen molar-refractivity contribution < 1.29 is 24.2 Å². The molecule has 2 atom stereocenters. The number of aliphatic carboxylic acids is 1. The van der Waals surface area contributed by atoms with Gasteiger partial charge in [0.2, 0.25) is 5.91 Å². The van der Waals surface area contributed by atoms with Gasteiger partial charge >= 0.3 is 11.9 Å². The lowest BCUT2D eigenvalue weighted by atomic mass is 10.2. The van der Waals surface area contributed by atoms with Gasteiger partial charge in [0.05, 0.1) is 13.5 Å². The smallest absolute Gasteiger partial charge is 0.326 e. The molecule has 0 aromatic heterocycles. The van der Waals surface area contributed by atoms with Crippen LogP contribution in [-0.4, -0.2) is 42.1 Å². The zero-order valence-corrected chi connectivity index (χ0v) is 9.23. The summed E-state index contributed by atoms with van der Waals surface area (Å²) in [7, 11) is 1.14. The Kier molecular flexibility index (Phi) is 6.09. The number of carbonyl (C=O) groups excluding carboxylic acids is 2. The molecular weight excluding hydrogens is 216 g/mol. The number of amides is 1. The Balaban J connectivity index is 4.28. The molecule has 0 saturated heterocycles. The summed E-state index contributed by atoms with van der Waals surface area (Å²) in [6.45, 7) is 1.62. The Bertz CT molecular complexity index is 277. The number of nitrogens with one attached hydrogen (secondary N) is 1. The number of carboxylic acid groups (broad SMARTS) is 1. The maximum Gasteiger partial charge on any atom is 0.326 e. The molecule has 0 aliphatic carbocycles. The van der Waals surface area contributed by atoms with Gasteiger partial charge in [-0.3, -0.25) is 9.59 Å². The first kappa shape index (κ1) is 14.4. The highest BCUT2D eigenvalue weighted by Gasteiger charge is 2.23. The lowest BCUT2D eigenvalue weighted by molar-refractivity contribution is -0.148. The third-order valence-electron chi connectivity index (χ3n) is 1.74. The summed E-state index contributed by atoms with van der Waals surface area (Å²) in [4.78, 5) is 32.8.